The first-order valence-corrected chi connectivity index (χ1v) is 6.18. The molecule has 0 aliphatic rings. The maximum atomic E-state index is 13.8. The van der Waals surface area contributed by atoms with Gasteiger partial charge in [-0.05, 0) is 24.3 Å². The van der Waals surface area contributed by atoms with Gasteiger partial charge in [-0.15, -0.1) is 0 Å². The summed E-state index contributed by atoms with van der Waals surface area (Å²) in [6, 6.07) is 3.91. The van der Waals surface area contributed by atoms with Crippen molar-refractivity contribution >= 4 is 7.69 Å². The molecule has 0 amide bonds. The molecule has 0 unspecified atom stereocenters. The summed E-state index contributed by atoms with van der Waals surface area (Å²) >= 11 is 0. The van der Waals surface area contributed by atoms with Crippen molar-refractivity contribution in [1.82, 2.24) is 0 Å². The van der Waals surface area contributed by atoms with E-state index in [4.69, 9.17) is 0 Å². The fourth-order valence-corrected chi connectivity index (χ4v) is 1.68. The van der Waals surface area contributed by atoms with E-state index in [0.29, 0.717) is 7.69 Å². The molecule has 0 N–H and O–H groups in total. The molecule has 0 aliphatic carbocycles. The zero-order valence-corrected chi connectivity index (χ0v) is 12.0. The Bertz CT molecular complexity index is 652. The van der Waals surface area contributed by atoms with Crippen molar-refractivity contribution in [2.45, 2.75) is 0 Å². The summed E-state index contributed by atoms with van der Waals surface area (Å²) in [5.41, 5.74) is 0. The number of methoxy groups -OCH3 is 2. The normalized spacial score (nSPS) is 10.2. The molecule has 0 atom stereocenters. The Kier molecular flexibility index (Phi) is 5.20. The van der Waals surface area contributed by atoms with E-state index in [1.54, 1.807) is 0 Å². The van der Waals surface area contributed by atoms with Crippen LogP contribution in [0.3, 0.4) is 0 Å². The Morgan fingerprint density at radius 3 is 1.43 bits per heavy atom. The standard InChI is InChI=1S/C14H10BF4O4/c1-20-9-5-3-7(16)13(11(9)18)22-15-23-14-8(17)4-6-10(21-2)12(14)19/h3-6H,1-2H3. The molecule has 0 saturated heterocycles. The second kappa shape index (κ2) is 7.12. The summed E-state index contributed by atoms with van der Waals surface area (Å²) < 4.78 is 73.2. The fourth-order valence-electron chi connectivity index (χ4n) is 1.68. The molecule has 2 aromatic rings. The zero-order valence-electron chi connectivity index (χ0n) is 12.0. The molecule has 0 heterocycles. The van der Waals surface area contributed by atoms with Crippen molar-refractivity contribution in [3.8, 4) is 23.0 Å². The molecule has 4 nitrogen and oxygen atoms in total. The highest BCUT2D eigenvalue weighted by molar-refractivity contribution is 6.20. The molecule has 0 bridgehead atoms. The molecule has 1 radical (unpaired) electrons. The molecule has 0 aliphatic heterocycles. The van der Waals surface area contributed by atoms with Gasteiger partial charge in [0.2, 0.25) is 11.6 Å². The Morgan fingerprint density at radius 1 is 0.696 bits per heavy atom. The molecule has 0 spiro atoms. The van der Waals surface area contributed by atoms with Gasteiger partial charge in [0.1, 0.15) is 0 Å². The van der Waals surface area contributed by atoms with Gasteiger partial charge in [0.15, 0.2) is 34.6 Å². The number of benzene rings is 2. The van der Waals surface area contributed by atoms with Crippen LogP contribution in [-0.4, -0.2) is 21.9 Å². The third-order valence-electron chi connectivity index (χ3n) is 2.80. The van der Waals surface area contributed by atoms with Crippen molar-refractivity contribution < 1.29 is 36.3 Å². The lowest BCUT2D eigenvalue weighted by molar-refractivity contribution is 0.347. The van der Waals surface area contributed by atoms with Gasteiger partial charge in [-0.2, -0.15) is 8.78 Å². The van der Waals surface area contributed by atoms with E-state index in [1.165, 1.54) is 14.2 Å². The van der Waals surface area contributed by atoms with Crippen LogP contribution in [0.5, 0.6) is 23.0 Å². The van der Waals surface area contributed by atoms with E-state index in [2.05, 4.69) is 18.8 Å². The van der Waals surface area contributed by atoms with Crippen molar-refractivity contribution in [3.05, 3.63) is 47.5 Å². The second-order valence-corrected chi connectivity index (χ2v) is 4.12. The van der Waals surface area contributed by atoms with E-state index in [0.717, 1.165) is 24.3 Å². The highest BCUT2D eigenvalue weighted by Gasteiger charge is 2.20. The maximum absolute atomic E-state index is 13.8. The van der Waals surface area contributed by atoms with Crippen molar-refractivity contribution in [1.29, 1.82) is 0 Å². The Balaban J connectivity index is 2.15. The molecule has 0 saturated carbocycles. The van der Waals surface area contributed by atoms with Gasteiger partial charge >= 0.3 is 7.69 Å². The van der Waals surface area contributed by atoms with Gasteiger partial charge in [-0.3, -0.25) is 0 Å². The first-order chi connectivity index (χ1) is 11.0. The predicted molar refractivity (Wildman–Crippen MR) is 72.8 cm³/mol. The maximum Gasteiger partial charge on any atom is 0.658 e. The number of halogens is 4. The highest BCUT2D eigenvalue weighted by atomic mass is 19.1. The zero-order chi connectivity index (χ0) is 17.0. The number of ether oxygens (including phenoxy) is 2. The lowest BCUT2D eigenvalue weighted by Crippen LogP contribution is -2.15. The van der Waals surface area contributed by atoms with Gasteiger partial charge in [-0.25, -0.2) is 8.78 Å². The van der Waals surface area contributed by atoms with E-state index >= 15 is 0 Å². The number of hydrogen-bond acceptors (Lipinski definition) is 4. The van der Waals surface area contributed by atoms with Crippen LogP contribution in [0, 0.1) is 23.3 Å². The topological polar surface area (TPSA) is 36.9 Å². The smallest absolute Gasteiger partial charge is 0.522 e. The summed E-state index contributed by atoms with van der Waals surface area (Å²) in [6.07, 6.45) is 0. The predicted octanol–water partition coefficient (Wildman–Crippen LogP) is 3.25. The van der Waals surface area contributed by atoms with Crippen LogP contribution in [0.4, 0.5) is 17.6 Å². The van der Waals surface area contributed by atoms with Gasteiger partial charge in [-0.1, -0.05) is 0 Å². The lowest BCUT2D eigenvalue weighted by Gasteiger charge is -2.12. The monoisotopic (exact) mass is 329 g/mol. The molecule has 2 rings (SSSR count). The molecule has 0 fully saturated rings. The summed E-state index contributed by atoms with van der Waals surface area (Å²) in [6.45, 7) is 0. The summed E-state index contributed by atoms with van der Waals surface area (Å²) in [5, 5.41) is 0. The molecule has 2 aromatic carbocycles. The van der Waals surface area contributed by atoms with E-state index in [1.807, 2.05) is 0 Å². The summed E-state index contributed by atoms with van der Waals surface area (Å²) in [4.78, 5) is 0. The minimum absolute atomic E-state index is 0.270. The molecule has 23 heavy (non-hydrogen) atoms. The first-order valence-electron chi connectivity index (χ1n) is 6.18. The quantitative estimate of drug-likeness (QED) is 0.602. The molecule has 0 aromatic heterocycles. The van der Waals surface area contributed by atoms with Gasteiger partial charge in [0.05, 0.1) is 14.2 Å². The van der Waals surface area contributed by atoms with Gasteiger partial charge in [0.25, 0.3) is 0 Å². The van der Waals surface area contributed by atoms with Crippen LogP contribution < -0.4 is 18.8 Å². The average molecular weight is 329 g/mol. The van der Waals surface area contributed by atoms with Crippen LogP contribution in [0.25, 0.3) is 0 Å². The fraction of sp³-hybridized carbons (Fsp3) is 0.143. The van der Waals surface area contributed by atoms with Crippen molar-refractivity contribution in [2.75, 3.05) is 14.2 Å². The van der Waals surface area contributed by atoms with Crippen LogP contribution in [0.1, 0.15) is 0 Å². The number of hydrogen-bond donors (Lipinski definition) is 0. The minimum Gasteiger partial charge on any atom is -0.522 e. The van der Waals surface area contributed by atoms with Crippen LogP contribution in [0.15, 0.2) is 24.3 Å². The molecular weight excluding hydrogens is 319 g/mol. The minimum atomic E-state index is -1.13. The SMILES string of the molecule is COc1ccc(F)c(O[B]Oc2c(F)ccc(OC)c2F)c1F. The van der Waals surface area contributed by atoms with Gasteiger partial charge in [0, 0.05) is 0 Å². The molecular formula is C14H10BF4O4. The largest absolute Gasteiger partial charge is 0.658 e. The van der Waals surface area contributed by atoms with Crippen molar-refractivity contribution in [3.63, 3.8) is 0 Å². The van der Waals surface area contributed by atoms with E-state index in [9.17, 15) is 17.6 Å². The lowest BCUT2D eigenvalue weighted by atomic mass is 10.2. The Hall–Kier alpha value is -2.58. The highest BCUT2D eigenvalue weighted by Crippen LogP contribution is 2.31. The van der Waals surface area contributed by atoms with Crippen LogP contribution in [0.2, 0.25) is 0 Å². The molecule has 9 heteroatoms. The summed E-state index contributed by atoms with van der Waals surface area (Å²) in [5.74, 6) is -6.56. The Morgan fingerprint density at radius 2 is 1.09 bits per heavy atom. The summed E-state index contributed by atoms with van der Waals surface area (Å²) in [7, 11) is 2.75. The van der Waals surface area contributed by atoms with E-state index < -0.39 is 34.8 Å². The second-order valence-electron chi connectivity index (χ2n) is 4.12. The van der Waals surface area contributed by atoms with E-state index in [-0.39, 0.29) is 11.5 Å². The molecule has 121 valence electrons. The third kappa shape index (κ3) is 3.44. The van der Waals surface area contributed by atoms with Crippen molar-refractivity contribution in [2.24, 2.45) is 0 Å². The van der Waals surface area contributed by atoms with Crippen LogP contribution in [-0.2, 0) is 0 Å². The Labute approximate surface area is 129 Å². The number of rotatable bonds is 6. The average Bonchev–Trinajstić information content (AvgIpc) is 2.53. The first kappa shape index (κ1) is 16.8. The third-order valence-corrected chi connectivity index (χ3v) is 2.80. The van der Waals surface area contributed by atoms with Gasteiger partial charge < -0.3 is 18.8 Å². The van der Waals surface area contributed by atoms with Crippen LogP contribution >= 0.6 is 0 Å².